The predicted molar refractivity (Wildman–Crippen MR) is 75.1 cm³/mol. The minimum atomic E-state index is -0.182. The Bertz CT molecular complexity index is 825. The monoisotopic (exact) mass is 289 g/mol. The first-order valence-electron chi connectivity index (χ1n) is 5.77. The maximum Gasteiger partial charge on any atom is 0.278 e. The van der Waals surface area contributed by atoms with Crippen LogP contribution in [0.1, 0.15) is 0 Å². The zero-order valence-corrected chi connectivity index (χ0v) is 11.4. The highest BCUT2D eigenvalue weighted by Gasteiger charge is 2.09. The highest BCUT2D eigenvalue weighted by atomic mass is 32.2. The lowest BCUT2D eigenvalue weighted by atomic mass is 10.2. The Morgan fingerprint density at radius 2 is 2.05 bits per heavy atom. The van der Waals surface area contributed by atoms with Gasteiger partial charge in [-0.15, -0.1) is 15.3 Å². The second-order valence-corrected chi connectivity index (χ2v) is 5.00. The van der Waals surface area contributed by atoms with Gasteiger partial charge in [0.15, 0.2) is 5.16 Å². The number of hydrogen-bond donors (Lipinski definition) is 1. The van der Waals surface area contributed by atoms with Crippen molar-refractivity contribution in [1.29, 1.82) is 0 Å². The molecule has 0 spiro atoms. The molecule has 0 fully saturated rings. The molecule has 0 bridgehead atoms. The Balaban J connectivity index is 1.90. The first-order valence-corrected chi connectivity index (χ1v) is 6.75. The van der Waals surface area contributed by atoms with E-state index in [1.54, 1.807) is 29.8 Å². The van der Waals surface area contributed by atoms with Crippen molar-refractivity contribution in [2.24, 2.45) is 7.05 Å². The molecule has 1 aromatic carbocycles. The summed E-state index contributed by atoms with van der Waals surface area (Å²) in [5, 5.41) is 16.7. The van der Waals surface area contributed by atoms with Gasteiger partial charge in [-0.25, -0.2) is 0 Å². The van der Waals surface area contributed by atoms with E-state index in [0.29, 0.717) is 27.9 Å². The molecule has 102 valence electrons. The fourth-order valence-electron chi connectivity index (χ4n) is 1.68. The molecule has 2 aromatic heterocycles. The predicted octanol–water partition coefficient (Wildman–Crippen LogP) is 0.252. The van der Waals surface area contributed by atoms with E-state index in [4.69, 9.17) is 5.73 Å². The summed E-state index contributed by atoms with van der Waals surface area (Å²) < 4.78 is 2.93. The van der Waals surface area contributed by atoms with Crippen molar-refractivity contribution in [2.75, 3.05) is 5.73 Å². The van der Waals surface area contributed by atoms with E-state index in [2.05, 4.69) is 20.5 Å². The number of nitrogens with zero attached hydrogens (tertiary/aromatic N) is 6. The summed E-state index contributed by atoms with van der Waals surface area (Å²) in [5.74, 6) is 0.618. The molecule has 20 heavy (non-hydrogen) atoms. The summed E-state index contributed by atoms with van der Waals surface area (Å²) in [7, 11) is 1.76. The Hall–Kier alpha value is -2.42. The first kappa shape index (κ1) is 12.6. The van der Waals surface area contributed by atoms with Gasteiger partial charge in [-0.05, 0) is 12.1 Å². The number of rotatable bonds is 3. The zero-order chi connectivity index (χ0) is 14.1. The highest BCUT2D eigenvalue weighted by Crippen LogP contribution is 2.17. The van der Waals surface area contributed by atoms with Crippen LogP contribution in [0.4, 0.5) is 5.95 Å². The standard InChI is InChI=1S/C11H11N7OS/c1-17-10(12)14-15-11(17)20-6-18-9(19)7-4-2-3-5-8(7)13-16-18/h2-5H,6H2,1H3,(H2,12,14). The molecule has 0 unspecified atom stereocenters. The molecule has 8 nitrogen and oxygen atoms in total. The fourth-order valence-corrected chi connectivity index (χ4v) is 2.47. The largest absolute Gasteiger partial charge is 0.368 e. The van der Waals surface area contributed by atoms with Crippen LogP contribution in [0.15, 0.2) is 34.2 Å². The third-order valence-electron chi connectivity index (χ3n) is 2.81. The number of aromatic nitrogens is 6. The van der Waals surface area contributed by atoms with E-state index < -0.39 is 0 Å². The van der Waals surface area contributed by atoms with Crippen molar-refractivity contribution in [1.82, 2.24) is 29.8 Å². The van der Waals surface area contributed by atoms with E-state index in [9.17, 15) is 4.79 Å². The van der Waals surface area contributed by atoms with Crippen molar-refractivity contribution in [3.05, 3.63) is 34.6 Å². The SMILES string of the molecule is Cn1c(N)nnc1SCn1nnc2ccccc2c1=O. The van der Waals surface area contributed by atoms with Crippen LogP contribution in [-0.2, 0) is 12.9 Å². The number of hydrogen-bond acceptors (Lipinski definition) is 7. The maximum absolute atomic E-state index is 12.2. The van der Waals surface area contributed by atoms with Crippen molar-refractivity contribution >= 4 is 28.6 Å². The second-order valence-electron chi connectivity index (χ2n) is 4.08. The van der Waals surface area contributed by atoms with Gasteiger partial charge >= 0.3 is 0 Å². The molecule has 9 heteroatoms. The summed E-state index contributed by atoms with van der Waals surface area (Å²) >= 11 is 1.31. The van der Waals surface area contributed by atoms with Crippen LogP contribution >= 0.6 is 11.8 Å². The van der Waals surface area contributed by atoms with Gasteiger partial charge in [-0.1, -0.05) is 29.1 Å². The smallest absolute Gasteiger partial charge is 0.278 e. The van der Waals surface area contributed by atoms with Gasteiger partial charge in [0, 0.05) is 7.05 Å². The Kier molecular flexibility index (Phi) is 3.11. The number of nitrogen functional groups attached to an aromatic ring is 1. The highest BCUT2D eigenvalue weighted by molar-refractivity contribution is 7.98. The molecule has 3 rings (SSSR count). The average molecular weight is 289 g/mol. The van der Waals surface area contributed by atoms with Gasteiger partial charge in [0.25, 0.3) is 5.56 Å². The minimum absolute atomic E-state index is 0.182. The normalized spacial score (nSPS) is 11.1. The zero-order valence-electron chi connectivity index (χ0n) is 10.6. The third kappa shape index (κ3) is 2.11. The van der Waals surface area contributed by atoms with Crippen LogP contribution in [-0.4, -0.2) is 29.8 Å². The van der Waals surface area contributed by atoms with Gasteiger partial charge in [-0.2, -0.15) is 4.68 Å². The minimum Gasteiger partial charge on any atom is -0.368 e. The Morgan fingerprint density at radius 3 is 2.80 bits per heavy atom. The molecular weight excluding hydrogens is 278 g/mol. The quantitative estimate of drug-likeness (QED) is 0.689. The molecule has 0 aliphatic rings. The molecule has 0 radical (unpaired) electrons. The topological polar surface area (TPSA) is 105 Å². The van der Waals surface area contributed by atoms with Crippen LogP contribution in [0.25, 0.3) is 10.9 Å². The van der Waals surface area contributed by atoms with Crippen molar-refractivity contribution in [2.45, 2.75) is 11.0 Å². The number of nitrogens with two attached hydrogens (primary N) is 1. The molecule has 0 aliphatic carbocycles. The summed E-state index contributed by atoms with van der Waals surface area (Å²) in [6.45, 7) is 0. The number of benzene rings is 1. The molecule has 0 saturated carbocycles. The van der Waals surface area contributed by atoms with Crippen LogP contribution < -0.4 is 11.3 Å². The number of fused-ring (bicyclic) bond motifs is 1. The third-order valence-corrected chi connectivity index (χ3v) is 3.80. The van der Waals surface area contributed by atoms with Crippen molar-refractivity contribution in [3.63, 3.8) is 0 Å². The molecule has 0 atom stereocenters. The number of anilines is 1. The Labute approximate surface area is 117 Å². The summed E-state index contributed by atoms with van der Waals surface area (Å²) in [5.41, 5.74) is 6.00. The van der Waals surface area contributed by atoms with Crippen LogP contribution in [0.2, 0.25) is 0 Å². The van der Waals surface area contributed by atoms with E-state index >= 15 is 0 Å². The molecule has 0 aliphatic heterocycles. The molecule has 0 saturated heterocycles. The first-order chi connectivity index (χ1) is 9.66. The van der Waals surface area contributed by atoms with Crippen LogP contribution in [0.3, 0.4) is 0 Å². The molecule has 3 aromatic rings. The fraction of sp³-hybridized carbons (Fsp3) is 0.182. The van der Waals surface area contributed by atoms with Gasteiger partial charge in [0.2, 0.25) is 5.95 Å². The lowest BCUT2D eigenvalue weighted by molar-refractivity contribution is 0.642. The lowest BCUT2D eigenvalue weighted by Gasteiger charge is -2.04. The van der Waals surface area contributed by atoms with Gasteiger partial charge < -0.3 is 5.73 Å². The van der Waals surface area contributed by atoms with Gasteiger partial charge in [-0.3, -0.25) is 9.36 Å². The van der Waals surface area contributed by atoms with E-state index in [1.165, 1.54) is 16.4 Å². The van der Waals surface area contributed by atoms with E-state index in [-0.39, 0.29) is 5.56 Å². The van der Waals surface area contributed by atoms with Gasteiger partial charge in [0.1, 0.15) is 5.52 Å². The average Bonchev–Trinajstić information content (AvgIpc) is 2.79. The van der Waals surface area contributed by atoms with Gasteiger partial charge in [0.05, 0.1) is 11.3 Å². The van der Waals surface area contributed by atoms with Crippen molar-refractivity contribution in [3.8, 4) is 0 Å². The van der Waals surface area contributed by atoms with E-state index in [1.807, 2.05) is 6.07 Å². The molecule has 2 N–H and O–H groups in total. The second kappa shape index (κ2) is 4.93. The molecular formula is C11H11N7OS. The summed E-state index contributed by atoms with van der Waals surface area (Å²) in [4.78, 5) is 12.2. The molecule has 0 amide bonds. The van der Waals surface area contributed by atoms with Crippen LogP contribution in [0, 0.1) is 0 Å². The molecule has 2 heterocycles. The summed E-state index contributed by atoms with van der Waals surface area (Å²) in [6, 6.07) is 7.10. The van der Waals surface area contributed by atoms with Crippen LogP contribution in [0.5, 0.6) is 0 Å². The summed E-state index contributed by atoms with van der Waals surface area (Å²) in [6.07, 6.45) is 0. The lowest BCUT2D eigenvalue weighted by Crippen LogP contribution is -2.23. The maximum atomic E-state index is 12.2. The Morgan fingerprint density at radius 1 is 1.25 bits per heavy atom. The number of thioether (sulfide) groups is 1. The van der Waals surface area contributed by atoms with Crippen molar-refractivity contribution < 1.29 is 0 Å². The van der Waals surface area contributed by atoms with E-state index in [0.717, 1.165) is 0 Å².